The van der Waals surface area contributed by atoms with Crippen LogP contribution in [0, 0.1) is 0 Å². The molecule has 118 valence electrons. The lowest BCUT2D eigenvalue weighted by atomic mass is 10.0. The maximum absolute atomic E-state index is 9.55. The van der Waals surface area contributed by atoms with Gasteiger partial charge in [-0.15, -0.1) is 11.8 Å². The van der Waals surface area contributed by atoms with Crippen molar-refractivity contribution in [3.63, 3.8) is 0 Å². The second kappa shape index (κ2) is 6.34. The van der Waals surface area contributed by atoms with Gasteiger partial charge in [0.2, 0.25) is 5.88 Å². The fourth-order valence-corrected chi connectivity index (χ4v) is 2.96. The predicted octanol–water partition coefficient (Wildman–Crippen LogP) is 3.53. The van der Waals surface area contributed by atoms with Gasteiger partial charge in [0.15, 0.2) is 0 Å². The summed E-state index contributed by atoms with van der Waals surface area (Å²) < 4.78 is 7.29. The molecule has 0 unspecified atom stereocenters. The number of methoxy groups -OCH3 is 1. The van der Waals surface area contributed by atoms with Gasteiger partial charge in [-0.25, -0.2) is 4.98 Å². The van der Waals surface area contributed by atoms with Crippen molar-refractivity contribution in [2.45, 2.75) is 5.03 Å². The average Bonchev–Trinajstić information content (AvgIpc) is 2.96. The van der Waals surface area contributed by atoms with E-state index in [9.17, 15) is 5.21 Å². The van der Waals surface area contributed by atoms with Gasteiger partial charge in [-0.1, -0.05) is 11.2 Å². The number of hydrogen-bond acceptors (Lipinski definition) is 5. The Labute approximate surface area is 138 Å². The molecule has 1 aromatic carbocycles. The minimum atomic E-state index is 0.492. The van der Waals surface area contributed by atoms with E-state index in [1.165, 1.54) is 11.8 Å². The third kappa shape index (κ3) is 2.90. The first kappa shape index (κ1) is 15.4. The molecule has 1 N–H and O–H groups in total. The zero-order valence-electron chi connectivity index (χ0n) is 13.1. The van der Waals surface area contributed by atoms with Crippen LogP contribution in [0.15, 0.2) is 52.8 Å². The normalized spacial score (nSPS) is 11.9. The first-order valence-corrected chi connectivity index (χ1v) is 8.26. The molecule has 3 rings (SSSR count). The molecular weight excluding hydrogens is 310 g/mol. The third-order valence-corrected chi connectivity index (χ3v) is 4.36. The van der Waals surface area contributed by atoms with Gasteiger partial charge in [-0.3, -0.25) is 0 Å². The summed E-state index contributed by atoms with van der Waals surface area (Å²) in [4.78, 5) is 4.33. The van der Waals surface area contributed by atoms with Gasteiger partial charge in [-0.2, -0.15) is 0 Å². The summed E-state index contributed by atoms with van der Waals surface area (Å²) in [7, 11) is 3.57. The Balaban J connectivity index is 2.11. The Bertz CT molecular complexity index is 864. The van der Waals surface area contributed by atoms with Crippen LogP contribution in [0.4, 0.5) is 0 Å². The quantitative estimate of drug-likeness (QED) is 0.345. The lowest BCUT2D eigenvalue weighted by Gasteiger charge is -2.09. The number of aryl methyl sites for hydroxylation is 1. The van der Waals surface area contributed by atoms with Gasteiger partial charge in [0, 0.05) is 41.3 Å². The number of fused-ring (bicyclic) bond motifs is 1. The summed E-state index contributed by atoms with van der Waals surface area (Å²) >= 11 is 1.51. The highest BCUT2D eigenvalue weighted by molar-refractivity contribution is 7.98. The fourth-order valence-electron chi connectivity index (χ4n) is 2.54. The van der Waals surface area contributed by atoms with Crippen LogP contribution in [0.3, 0.4) is 0 Å². The van der Waals surface area contributed by atoms with Crippen molar-refractivity contribution in [1.29, 1.82) is 0 Å². The third-order valence-electron chi connectivity index (χ3n) is 3.73. The maximum atomic E-state index is 9.55. The number of thioether (sulfide) groups is 1. The Hall–Kier alpha value is -2.47. The minimum absolute atomic E-state index is 0.492. The van der Waals surface area contributed by atoms with Crippen molar-refractivity contribution in [3.05, 3.63) is 53.7 Å². The van der Waals surface area contributed by atoms with E-state index in [1.807, 2.05) is 49.8 Å². The van der Waals surface area contributed by atoms with E-state index in [0.717, 1.165) is 27.1 Å². The molecule has 0 saturated heterocycles. The van der Waals surface area contributed by atoms with Crippen molar-refractivity contribution in [1.82, 2.24) is 9.55 Å². The van der Waals surface area contributed by atoms with Crippen molar-refractivity contribution >= 4 is 28.4 Å². The standard InChI is InChI=1S/C17H17N3O2S/c1-20-7-6-11-8-12(4-5-14(11)20)17(19-21)13-9-15(22-2)18-16(10-13)23-3/h4-10,21H,1-3H3/b19-17+. The van der Waals surface area contributed by atoms with Gasteiger partial charge < -0.3 is 14.5 Å². The molecule has 0 atom stereocenters. The second-order valence-electron chi connectivity index (χ2n) is 5.09. The Morgan fingerprint density at radius 3 is 2.74 bits per heavy atom. The van der Waals surface area contributed by atoms with Gasteiger partial charge in [0.25, 0.3) is 0 Å². The van der Waals surface area contributed by atoms with Crippen LogP contribution in [0.5, 0.6) is 5.88 Å². The van der Waals surface area contributed by atoms with Gasteiger partial charge >= 0.3 is 0 Å². The number of ether oxygens (including phenoxy) is 1. The van der Waals surface area contributed by atoms with Crippen LogP contribution in [0.25, 0.3) is 10.9 Å². The van der Waals surface area contributed by atoms with Crippen LogP contribution in [-0.2, 0) is 7.05 Å². The van der Waals surface area contributed by atoms with Crippen LogP contribution in [0.1, 0.15) is 11.1 Å². The predicted molar refractivity (Wildman–Crippen MR) is 92.9 cm³/mol. The van der Waals surface area contributed by atoms with E-state index in [1.54, 1.807) is 13.2 Å². The number of hydrogen-bond donors (Lipinski definition) is 1. The lowest BCUT2D eigenvalue weighted by Crippen LogP contribution is -2.05. The van der Waals surface area contributed by atoms with E-state index < -0.39 is 0 Å². The monoisotopic (exact) mass is 327 g/mol. The molecule has 0 amide bonds. The second-order valence-corrected chi connectivity index (χ2v) is 5.92. The van der Waals surface area contributed by atoms with E-state index >= 15 is 0 Å². The minimum Gasteiger partial charge on any atom is -0.481 e. The number of nitrogens with zero attached hydrogens (tertiary/aromatic N) is 3. The highest BCUT2D eigenvalue weighted by Crippen LogP contribution is 2.24. The topological polar surface area (TPSA) is 59.6 Å². The molecule has 0 radical (unpaired) electrons. The Morgan fingerprint density at radius 1 is 1.22 bits per heavy atom. The highest BCUT2D eigenvalue weighted by atomic mass is 32.2. The summed E-state index contributed by atoms with van der Waals surface area (Å²) in [6, 6.07) is 11.7. The van der Waals surface area contributed by atoms with Gasteiger partial charge in [0.05, 0.1) is 7.11 Å². The number of oxime groups is 1. The summed E-state index contributed by atoms with van der Waals surface area (Å²) in [5.74, 6) is 0.494. The zero-order chi connectivity index (χ0) is 16.4. The van der Waals surface area contributed by atoms with E-state index in [0.29, 0.717) is 11.6 Å². The molecule has 2 aromatic heterocycles. The fraction of sp³-hybridized carbons (Fsp3) is 0.176. The summed E-state index contributed by atoms with van der Waals surface area (Å²) in [5.41, 5.74) is 3.22. The average molecular weight is 327 g/mol. The van der Waals surface area contributed by atoms with Crippen molar-refractivity contribution in [2.75, 3.05) is 13.4 Å². The first-order valence-electron chi connectivity index (χ1n) is 7.04. The molecule has 0 aliphatic heterocycles. The van der Waals surface area contributed by atoms with E-state index in [4.69, 9.17) is 4.74 Å². The van der Waals surface area contributed by atoms with E-state index in [-0.39, 0.29) is 0 Å². The number of rotatable bonds is 4. The summed E-state index contributed by atoms with van der Waals surface area (Å²) in [6.45, 7) is 0. The number of benzene rings is 1. The molecule has 0 saturated carbocycles. The SMILES string of the molecule is COc1cc(/C(=N/O)c2ccc3c(ccn3C)c2)cc(SC)n1. The Morgan fingerprint density at radius 2 is 2.04 bits per heavy atom. The lowest BCUT2D eigenvalue weighted by molar-refractivity contribution is 0.319. The molecule has 6 heteroatoms. The molecule has 0 spiro atoms. The smallest absolute Gasteiger partial charge is 0.214 e. The van der Waals surface area contributed by atoms with E-state index in [2.05, 4.69) is 14.7 Å². The summed E-state index contributed by atoms with van der Waals surface area (Å²) in [6.07, 6.45) is 3.95. The molecule has 0 aliphatic rings. The van der Waals surface area contributed by atoms with Crippen LogP contribution < -0.4 is 4.74 Å². The molecule has 23 heavy (non-hydrogen) atoms. The molecule has 0 fully saturated rings. The number of pyridine rings is 1. The van der Waals surface area contributed by atoms with Crippen LogP contribution in [-0.4, -0.2) is 33.8 Å². The highest BCUT2D eigenvalue weighted by Gasteiger charge is 2.13. The molecule has 2 heterocycles. The summed E-state index contributed by atoms with van der Waals surface area (Å²) in [5, 5.41) is 15.0. The van der Waals surface area contributed by atoms with Crippen LogP contribution in [0.2, 0.25) is 0 Å². The maximum Gasteiger partial charge on any atom is 0.214 e. The molecule has 5 nitrogen and oxygen atoms in total. The van der Waals surface area contributed by atoms with Crippen LogP contribution >= 0.6 is 11.8 Å². The zero-order valence-corrected chi connectivity index (χ0v) is 14.0. The largest absolute Gasteiger partial charge is 0.481 e. The molecular formula is C17H17N3O2S. The van der Waals surface area contributed by atoms with Gasteiger partial charge in [0.1, 0.15) is 10.7 Å². The van der Waals surface area contributed by atoms with Crippen molar-refractivity contribution in [2.24, 2.45) is 12.2 Å². The van der Waals surface area contributed by atoms with Crippen molar-refractivity contribution < 1.29 is 9.94 Å². The Kier molecular flexibility index (Phi) is 4.25. The molecule has 3 aromatic rings. The van der Waals surface area contributed by atoms with Crippen molar-refractivity contribution in [3.8, 4) is 5.88 Å². The molecule has 0 bridgehead atoms. The van der Waals surface area contributed by atoms with Gasteiger partial charge in [-0.05, 0) is 30.5 Å². The number of aromatic nitrogens is 2. The molecule has 0 aliphatic carbocycles. The first-order chi connectivity index (χ1) is 11.2.